The van der Waals surface area contributed by atoms with Crippen LogP contribution < -0.4 is 5.32 Å². The van der Waals surface area contributed by atoms with E-state index in [1.165, 1.54) is 0 Å². The molecule has 2 atom stereocenters. The summed E-state index contributed by atoms with van der Waals surface area (Å²) in [5, 5.41) is 3.02. The predicted octanol–water partition coefficient (Wildman–Crippen LogP) is 2.27. The highest BCUT2D eigenvalue weighted by atomic mass is 16.5. The molecule has 2 heterocycles. The number of benzene rings is 1. The van der Waals surface area contributed by atoms with E-state index in [2.05, 4.69) is 27.3 Å². The van der Waals surface area contributed by atoms with E-state index in [0.717, 1.165) is 12.1 Å². The van der Waals surface area contributed by atoms with Crippen LogP contribution in [-0.2, 0) is 4.74 Å². The molecule has 1 aromatic heterocycles. The highest BCUT2D eigenvalue weighted by Crippen LogP contribution is 2.32. The van der Waals surface area contributed by atoms with E-state index in [9.17, 15) is 4.79 Å². The Morgan fingerprint density at radius 1 is 1.27 bits per heavy atom. The van der Waals surface area contributed by atoms with Gasteiger partial charge in [-0.1, -0.05) is 30.3 Å². The molecular weight excluding hydrogens is 328 g/mol. The molecule has 0 aliphatic carbocycles. The molecule has 2 aromatic rings. The summed E-state index contributed by atoms with van der Waals surface area (Å²) in [4.78, 5) is 21.7. The Morgan fingerprint density at radius 2 is 2.04 bits per heavy atom. The maximum Gasteiger partial charge on any atom is 0.258 e. The summed E-state index contributed by atoms with van der Waals surface area (Å²) in [5.74, 6) is 0.573. The van der Waals surface area contributed by atoms with Crippen LogP contribution in [0.15, 0.2) is 48.7 Å². The van der Waals surface area contributed by atoms with Gasteiger partial charge in [-0.2, -0.15) is 0 Å². The lowest BCUT2D eigenvalue weighted by molar-refractivity contribution is -0.0684. The summed E-state index contributed by atoms with van der Waals surface area (Å²) in [6.45, 7) is 1.83. The van der Waals surface area contributed by atoms with Gasteiger partial charge in [0.05, 0.1) is 24.3 Å². The van der Waals surface area contributed by atoms with Crippen molar-refractivity contribution < 1.29 is 9.53 Å². The fourth-order valence-electron chi connectivity index (χ4n) is 3.45. The maximum absolute atomic E-state index is 13.4. The van der Waals surface area contributed by atoms with Crippen molar-refractivity contribution in [2.45, 2.75) is 12.1 Å². The van der Waals surface area contributed by atoms with Gasteiger partial charge in [0.1, 0.15) is 5.82 Å². The molecule has 0 unspecified atom stereocenters. The quantitative estimate of drug-likeness (QED) is 0.893. The molecule has 1 fully saturated rings. The van der Waals surface area contributed by atoms with E-state index in [1.54, 1.807) is 19.3 Å². The smallest absolute Gasteiger partial charge is 0.258 e. The molecule has 6 nitrogen and oxygen atoms in total. The SMILES string of the molecule is CNc1ncccc1C(=O)N1CCO[C@@H](CN(C)C)[C@@H]1c1ccccc1. The Bertz CT molecular complexity index is 736. The Hall–Kier alpha value is -2.44. The molecule has 1 saturated heterocycles. The van der Waals surface area contributed by atoms with Crippen molar-refractivity contribution >= 4 is 11.7 Å². The van der Waals surface area contributed by atoms with Crippen molar-refractivity contribution in [3.63, 3.8) is 0 Å². The van der Waals surface area contributed by atoms with Crippen LogP contribution in [-0.4, -0.2) is 67.6 Å². The monoisotopic (exact) mass is 354 g/mol. The number of amides is 1. The fraction of sp³-hybridized carbons (Fsp3) is 0.400. The number of nitrogens with zero attached hydrogens (tertiary/aromatic N) is 3. The number of nitrogens with one attached hydrogen (secondary N) is 1. The van der Waals surface area contributed by atoms with Crippen LogP contribution in [0.2, 0.25) is 0 Å². The van der Waals surface area contributed by atoms with E-state index in [4.69, 9.17) is 4.74 Å². The first-order valence-electron chi connectivity index (χ1n) is 8.87. The van der Waals surface area contributed by atoms with Gasteiger partial charge in [0.2, 0.25) is 0 Å². The fourth-order valence-corrected chi connectivity index (χ4v) is 3.45. The lowest BCUT2D eigenvalue weighted by Crippen LogP contribution is -2.51. The third kappa shape index (κ3) is 3.86. The van der Waals surface area contributed by atoms with E-state index in [0.29, 0.717) is 24.5 Å². The standard InChI is InChI=1S/C20H26N4O2/c1-21-19-16(10-7-11-22-19)20(25)24-12-13-26-17(14-23(2)3)18(24)15-8-5-4-6-9-15/h4-11,17-18H,12-14H2,1-3H3,(H,21,22)/t17-,18-/m0/s1. The highest BCUT2D eigenvalue weighted by molar-refractivity contribution is 5.99. The topological polar surface area (TPSA) is 57.7 Å². The van der Waals surface area contributed by atoms with Crippen molar-refractivity contribution in [1.29, 1.82) is 0 Å². The molecule has 1 aliphatic rings. The molecule has 0 radical (unpaired) electrons. The number of carbonyl (C=O) groups excluding carboxylic acids is 1. The number of carbonyl (C=O) groups is 1. The minimum absolute atomic E-state index is 0.0247. The van der Waals surface area contributed by atoms with Gasteiger partial charge in [-0.25, -0.2) is 4.98 Å². The molecule has 6 heteroatoms. The van der Waals surface area contributed by atoms with Crippen molar-refractivity contribution in [3.8, 4) is 0 Å². The minimum Gasteiger partial charge on any atom is -0.373 e. The van der Waals surface area contributed by atoms with Crippen molar-refractivity contribution in [3.05, 3.63) is 59.8 Å². The Morgan fingerprint density at radius 3 is 2.73 bits per heavy atom. The molecule has 0 bridgehead atoms. The molecule has 1 aliphatic heterocycles. The molecule has 3 rings (SSSR count). The first kappa shape index (κ1) is 18.4. The van der Waals surface area contributed by atoms with Gasteiger partial charge in [-0.15, -0.1) is 0 Å². The number of pyridine rings is 1. The van der Waals surface area contributed by atoms with E-state index in [1.807, 2.05) is 43.3 Å². The molecule has 1 aromatic carbocycles. The molecule has 138 valence electrons. The average molecular weight is 354 g/mol. The van der Waals surface area contributed by atoms with E-state index >= 15 is 0 Å². The maximum atomic E-state index is 13.4. The Kier molecular flexibility index (Phi) is 5.85. The zero-order valence-electron chi connectivity index (χ0n) is 15.6. The van der Waals surface area contributed by atoms with Gasteiger partial charge in [-0.05, 0) is 31.8 Å². The number of rotatable bonds is 5. The van der Waals surface area contributed by atoms with Crippen LogP contribution in [0.1, 0.15) is 22.0 Å². The van der Waals surface area contributed by atoms with Crippen LogP contribution in [0.4, 0.5) is 5.82 Å². The number of likely N-dealkylation sites (N-methyl/N-ethyl adjacent to an activating group) is 1. The van der Waals surface area contributed by atoms with Crippen molar-refractivity contribution in [2.24, 2.45) is 0 Å². The largest absolute Gasteiger partial charge is 0.373 e. The Labute approximate surface area is 154 Å². The third-order valence-corrected chi connectivity index (χ3v) is 4.57. The number of morpholine rings is 1. The molecule has 0 spiro atoms. The molecule has 26 heavy (non-hydrogen) atoms. The average Bonchev–Trinajstić information content (AvgIpc) is 2.67. The number of ether oxygens (including phenoxy) is 1. The van der Waals surface area contributed by atoms with E-state index < -0.39 is 0 Å². The van der Waals surface area contributed by atoms with Crippen molar-refractivity contribution in [1.82, 2.24) is 14.8 Å². The van der Waals surface area contributed by atoms with Crippen LogP contribution in [0.5, 0.6) is 0 Å². The van der Waals surface area contributed by atoms with Crippen LogP contribution in [0.3, 0.4) is 0 Å². The second kappa shape index (κ2) is 8.29. The van der Waals surface area contributed by atoms with Gasteiger partial charge in [0.15, 0.2) is 0 Å². The minimum atomic E-state index is -0.134. The van der Waals surface area contributed by atoms with Gasteiger partial charge in [0.25, 0.3) is 5.91 Å². The van der Waals surface area contributed by atoms with Crippen molar-refractivity contribution in [2.75, 3.05) is 46.2 Å². The second-order valence-corrected chi connectivity index (χ2v) is 6.68. The predicted molar refractivity (Wildman–Crippen MR) is 102 cm³/mol. The first-order valence-corrected chi connectivity index (χ1v) is 8.87. The summed E-state index contributed by atoms with van der Waals surface area (Å²) < 4.78 is 6.06. The number of hydrogen-bond donors (Lipinski definition) is 1. The molecule has 1 N–H and O–H groups in total. The van der Waals surface area contributed by atoms with Crippen LogP contribution >= 0.6 is 0 Å². The summed E-state index contributed by atoms with van der Waals surface area (Å²) in [7, 11) is 5.82. The molecular formula is C20H26N4O2. The number of hydrogen-bond acceptors (Lipinski definition) is 5. The summed E-state index contributed by atoms with van der Waals surface area (Å²) >= 11 is 0. The van der Waals surface area contributed by atoms with Crippen LogP contribution in [0, 0.1) is 0 Å². The number of aromatic nitrogens is 1. The Balaban J connectivity index is 1.98. The first-order chi connectivity index (χ1) is 12.6. The summed E-state index contributed by atoms with van der Waals surface area (Å²) in [5.41, 5.74) is 1.67. The number of anilines is 1. The van der Waals surface area contributed by atoms with Crippen LogP contribution in [0.25, 0.3) is 0 Å². The zero-order valence-corrected chi connectivity index (χ0v) is 15.6. The van der Waals surface area contributed by atoms with Gasteiger partial charge in [-0.3, -0.25) is 4.79 Å². The van der Waals surface area contributed by atoms with Gasteiger partial charge >= 0.3 is 0 Å². The van der Waals surface area contributed by atoms with Gasteiger partial charge < -0.3 is 19.9 Å². The van der Waals surface area contributed by atoms with Gasteiger partial charge in [0, 0.05) is 26.3 Å². The highest BCUT2D eigenvalue weighted by Gasteiger charge is 2.37. The lowest BCUT2D eigenvalue weighted by atomic mass is 9.96. The molecule has 1 amide bonds. The lowest BCUT2D eigenvalue weighted by Gasteiger charge is -2.42. The second-order valence-electron chi connectivity index (χ2n) is 6.68. The molecule has 0 saturated carbocycles. The summed E-state index contributed by atoms with van der Waals surface area (Å²) in [6, 6.07) is 13.6. The summed E-state index contributed by atoms with van der Waals surface area (Å²) in [6.07, 6.45) is 1.60. The third-order valence-electron chi connectivity index (χ3n) is 4.57. The normalized spacial score (nSPS) is 20.2. The van der Waals surface area contributed by atoms with E-state index in [-0.39, 0.29) is 18.1 Å². The zero-order chi connectivity index (χ0) is 18.5.